The smallest absolute Gasteiger partial charge is 0.328 e. The lowest BCUT2D eigenvalue weighted by Gasteiger charge is -2.25. The number of unbranched alkanes of at least 4 members (excludes halogenated alkanes) is 1. The van der Waals surface area contributed by atoms with Gasteiger partial charge in [0.05, 0.1) is 12.6 Å². The van der Waals surface area contributed by atoms with Gasteiger partial charge in [-0.3, -0.25) is 19.2 Å². The molecule has 1 fully saturated rings. The van der Waals surface area contributed by atoms with E-state index in [2.05, 4.69) is 21.3 Å². The number of hydrogen-bond acceptors (Lipinski definition) is 8. The van der Waals surface area contributed by atoms with Crippen LogP contribution >= 0.6 is 0 Å². The highest BCUT2D eigenvalue weighted by Crippen LogP contribution is 2.08. The third-order valence-corrected chi connectivity index (χ3v) is 5.03. The lowest BCUT2D eigenvalue weighted by Crippen LogP contribution is -2.57. The van der Waals surface area contributed by atoms with Crippen LogP contribution in [0.4, 0.5) is 0 Å². The van der Waals surface area contributed by atoms with Crippen molar-refractivity contribution in [3.8, 4) is 0 Å². The van der Waals surface area contributed by atoms with Gasteiger partial charge in [0.15, 0.2) is 0 Å². The van der Waals surface area contributed by atoms with Crippen LogP contribution in [0.1, 0.15) is 44.9 Å². The van der Waals surface area contributed by atoms with Crippen LogP contribution in [-0.4, -0.2) is 88.8 Å². The Kier molecular flexibility index (Phi) is 12.2. The molecule has 0 saturated carbocycles. The van der Waals surface area contributed by atoms with Crippen molar-refractivity contribution < 1.29 is 39.3 Å². The molecular weight excluding hydrogens is 426 g/mol. The number of carbonyl (C=O) groups is 5. The number of rotatable bonds is 15. The summed E-state index contributed by atoms with van der Waals surface area (Å²) in [6, 6.07) is -4.39. The maximum absolute atomic E-state index is 12.9. The summed E-state index contributed by atoms with van der Waals surface area (Å²) >= 11 is 0. The first kappa shape index (κ1) is 27.3. The molecule has 0 spiro atoms. The molecule has 1 rings (SSSR count). The number of aliphatic hydroxyl groups excluding tert-OH is 1. The lowest BCUT2D eigenvalue weighted by atomic mass is 10.1. The van der Waals surface area contributed by atoms with Crippen LogP contribution in [0, 0.1) is 0 Å². The molecule has 1 aliphatic rings. The van der Waals surface area contributed by atoms with Crippen molar-refractivity contribution in [1.82, 2.24) is 21.3 Å². The van der Waals surface area contributed by atoms with Crippen molar-refractivity contribution in [2.75, 3.05) is 19.7 Å². The molecule has 1 heterocycles. The van der Waals surface area contributed by atoms with Gasteiger partial charge in [-0.2, -0.15) is 0 Å². The summed E-state index contributed by atoms with van der Waals surface area (Å²) in [4.78, 5) is 59.8. The highest BCUT2D eigenvalue weighted by molar-refractivity contribution is 5.94. The minimum atomic E-state index is -1.61. The van der Waals surface area contributed by atoms with E-state index in [0.29, 0.717) is 32.4 Å². The van der Waals surface area contributed by atoms with E-state index in [4.69, 9.17) is 21.1 Å². The van der Waals surface area contributed by atoms with Crippen LogP contribution in [-0.2, 0) is 24.0 Å². The number of amides is 3. The highest BCUT2D eigenvalue weighted by atomic mass is 16.4. The maximum Gasteiger partial charge on any atom is 0.328 e. The summed E-state index contributed by atoms with van der Waals surface area (Å²) in [5, 5.41) is 37.2. The second-order valence-electron chi connectivity index (χ2n) is 7.57. The van der Waals surface area contributed by atoms with Crippen molar-refractivity contribution in [3.63, 3.8) is 0 Å². The number of carboxylic acids is 2. The molecule has 3 amide bonds. The van der Waals surface area contributed by atoms with Gasteiger partial charge in [0.2, 0.25) is 17.7 Å². The van der Waals surface area contributed by atoms with E-state index in [9.17, 15) is 24.0 Å². The second-order valence-corrected chi connectivity index (χ2v) is 7.57. The van der Waals surface area contributed by atoms with Gasteiger partial charge in [0, 0.05) is 6.42 Å². The third-order valence-electron chi connectivity index (χ3n) is 5.03. The van der Waals surface area contributed by atoms with Crippen molar-refractivity contribution >= 4 is 29.7 Å². The minimum Gasteiger partial charge on any atom is -0.481 e. The summed E-state index contributed by atoms with van der Waals surface area (Å²) in [7, 11) is 0. The summed E-state index contributed by atoms with van der Waals surface area (Å²) in [5.74, 6) is -4.71. The number of hydrogen-bond donors (Lipinski definition) is 8. The van der Waals surface area contributed by atoms with Crippen LogP contribution in [0.15, 0.2) is 0 Å². The van der Waals surface area contributed by atoms with Crippen molar-refractivity contribution in [3.05, 3.63) is 0 Å². The molecule has 0 aromatic heterocycles. The van der Waals surface area contributed by atoms with E-state index >= 15 is 0 Å². The molecule has 13 heteroatoms. The summed E-state index contributed by atoms with van der Waals surface area (Å²) in [6.45, 7) is 0.204. The van der Waals surface area contributed by atoms with Crippen LogP contribution in [0.2, 0.25) is 0 Å². The molecule has 0 aromatic rings. The molecule has 0 aromatic carbocycles. The standard InChI is InChI=1S/C19H33N5O8/c20-8-2-1-4-12(22-16(28)11-5-3-9-21-11)17(29)23-13(6-7-15(26)27)18(30)24-14(10-25)19(31)32/h11-14,21,25H,1-10,20H2,(H,22,28)(H,23,29)(H,24,30)(H,26,27)(H,31,32). The van der Waals surface area contributed by atoms with Gasteiger partial charge in [0.25, 0.3) is 0 Å². The van der Waals surface area contributed by atoms with Crippen molar-refractivity contribution in [1.29, 1.82) is 0 Å². The van der Waals surface area contributed by atoms with Crippen LogP contribution < -0.4 is 27.0 Å². The van der Waals surface area contributed by atoms with E-state index in [1.165, 1.54) is 0 Å². The molecule has 4 atom stereocenters. The summed E-state index contributed by atoms with van der Waals surface area (Å²) in [6.07, 6.45) is 2.08. The Labute approximate surface area is 185 Å². The monoisotopic (exact) mass is 459 g/mol. The molecule has 32 heavy (non-hydrogen) atoms. The Morgan fingerprint density at radius 2 is 1.56 bits per heavy atom. The molecule has 13 nitrogen and oxygen atoms in total. The van der Waals surface area contributed by atoms with Crippen LogP contribution in [0.5, 0.6) is 0 Å². The molecule has 1 aliphatic heterocycles. The predicted octanol–water partition coefficient (Wildman–Crippen LogP) is -2.74. The van der Waals surface area contributed by atoms with E-state index < -0.39 is 60.9 Å². The number of nitrogens with one attached hydrogen (secondary N) is 4. The zero-order chi connectivity index (χ0) is 24.1. The minimum absolute atomic E-state index is 0.253. The van der Waals surface area contributed by atoms with Crippen molar-refractivity contribution in [2.45, 2.75) is 69.1 Å². The molecule has 182 valence electrons. The van der Waals surface area contributed by atoms with Gasteiger partial charge in [0.1, 0.15) is 18.1 Å². The number of nitrogens with two attached hydrogens (primary N) is 1. The van der Waals surface area contributed by atoms with Gasteiger partial charge in [-0.1, -0.05) is 0 Å². The second kappa shape index (κ2) is 14.3. The maximum atomic E-state index is 12.9. The topological polar surface area (TPSA) is 220 Å². The quantitative estimate of drug-likeness (QED) is 0.118. The molecule has 4 unspecified atom stereocenters. The zero-order valence-corrected chi connectivity index (χ0v) is 17.8. The normalized spacial score (nSPS) is 18.2. The first-order valence-corrected chi connectivity index (χ1v) is 10.6. The summed E-state index contributed by atoms with van der Waals surface area (Å²) < 4.78 is 0. The number of carboxylic acid groups (broad SMARTS) is 2. The molecular formula is C19H33N5O8. The van der Waals surface area contributed by atoms with Crippen LogP contribution in [0.25, 0.3) is 0 Å². The zero-order valence-electron chi connectivity index (χ0n) is 17.8. The van der Waals surface area contributed by atoms with E-state index in [1.54, 1.807) is 0 Å². The van der Waals surface area contributed by atoms with E-state index in [1.807, 2.05) is 0 Å². The fraction of sp³-hybridized carbons (Fsp3) is 0.737. The average Bonchev–Trinajstić information content (AvgIpc) is 3.28. The largest absolute Gasteiger partial charge is 0.481 e. The number of carbonyl (C=O) groups excluding carboxylic acids is 3. The Morgan fingerprint density at radius 3 is 2.06 bits per heavy atom. The van der Waals surface area contributed by atoms with Gasteiger partial charge >= 0.3 is 11.9 Å². The van der Waals surface area contributed by atoms with Gasteiger partial charge < -0.3 is 42.3 Å². The first-order chi connectivity index (χ1) is 15.2. The first-order valence-electron chi connectivity index (χ1n) is 10.6. The van der Waals surface area contributed by atoms with Gasteiger partial charge in [-0.05, 0) is 51.6 Å². The Balaban J connectivity index is 2.89. The molecule has 9 N–H and O–H groups in total. The molecule has 1 saturated heterocycles. The fourth-order valence-corrected chi connectivity index (χ4v) is 3.21. The molecule has 0 bridgehead atoms. The average molecular weight is 460 g/mol. The fourth-order valence-electron chi connectivity index (χ4n) is 3.21. The Hall–Kier alpha value is -2.77. The lowest BCUT2D eigenvalue weighted by molar-refractivity contribution is -0.144. The van der Waals surface area contributed by atoms with Gasteiger partial charge in [-0.25, -0.2) is 4.79 Å². The molecule has 0 radical (unpaired) electrons. The third kappa shape index (κ3) is 9.58. The van der Waals surface area contributed by atoms with E-state index in [0.717, 1.165) is 6.42 Å². The number of aliphatic carboxylic acids is 2. The van der Waals surface area contributed by atoms with Gasteiger partial charge in [-0.15, -0.1) is 0 Å². The molecule has 0 aliphatic carbocycles. The van der Waals surface area contributed by atoms with Crippen molar-refractivity contribution in [2.24, 2.45) is 5.73 Å². The van der Waals surface area contributed by atoms with Crippen LogP contribution in [0.3, 0.4) is 0 Å². The SMILES string of the molecule is NCCCCC(NC(=O)C1CCCN1)C(=O)NC(CCC(=O)O)C(=O)NC(CO)C(=O)O. The highest BCUT2D eigenvalue weighted by Gasteiger charge is 2.31. The Morgan fingerprint density at radius 1 is 0.938 bits per heavy atom. The summed E-state index contributed by atoms with van der Waals surface area (Å²) in [5.41, 5.74) is 5.49. The Bertz CT molecular complexity index is 668. The predicted molar refractivity (Wildman–Crippen MR) is 111 cm³/mol. The van der Waals surface area contributed by atoms with E-state index in [-0.39, 0.29) is 18.7 Å². The number of aliphatic hydroxyl groups is 1.